The first-order chi connectivity index (χ1) is 18.9. The number of aromatic amines is 1. The lowest BCUT2D eigenvalue weighted by atomic mass is 9.75. The minimum atomic E-state index is -0.663. The molecule has 7 nitrogen and oxygen atoms in total. The molecule has 0 aliphatic rings. The molecule has 0 aliphatic carbocycles. The SMILES string of the molecule is COc1cc(C(CCN(C)C)C(c2cccc(OC)c2F)c2cc(-c3ccccc3)c[nH]c2=O)cc(OC)n1. The highest BCUT2D eigenvalue weighted by molar-refractivity contribution is 5.63. The van der Waals surface area contributed by atoms with Gasteiger partial charge in [-0.2, -0.15) is 4.98 Å². The van der Waals surface area contributed by atoms with Gasteiger partial charge in [0.25, 0.3) is 5.56 Å². The summed E-state index contributed by atoms with van der Waals surface area (Å²) in [6.45, 7) is 0.690. The van der Waals surface area contributed by atoms with Crippen molar-refractivity contribution in [2.75, 3.05) is 42.0 Å². The van der Waals surface area contributed by atoms with Gasteiger partial charge in [-0.15, -0.1) is 0 Å². The monoisotopic (exact) mass is 531 g/mol. The van der Waals surface area contributed by atoms with E-state index in [1.165, 1.54) is 21.3 Å². The largest absolute Gasteiger partial charge is 0.494 e. The van der Waals surface area contributed by atoms with Crippen molar-refractivity contribution in [3.8, 4) is 28.6 Å². The molecule has 2 atom stereocenters. The highest BCUT2D eigenvalue weighted by atomic mass is 19.1. The molecule has 0 saturated heterocycles. The Hall–Kier alpha value is -4.17. The van der Waals surface area contributed by atoms with Crippen molar-refractivity contribution in [2.45, 2.75) is 18.3 Å². The van der Waals surface area contributed by atoms with Gasteiger partial charge in [-0.3, -0.25) is 4.79 Å². The minimum absolute atomic E-state index is 0.115. The zero-order chi connectivity index (χ0) is 27.9. The zero-order valence-electron chi connectivity index (χ0n) is 22.9. The molecule has 0 bridgehead atoms. The predicted octanol–water partition coefficient (Wildman–Crippen LogP) is 5.47. The quantitative estimate of drug-likeness (QED) is 0.277. The van der Waals surface area contributed by atoms with Crippen LogP contribution >= 0.6 is 0 Å². The highest BCUT2D eigenvalue weighted by Crippen LogP contribution is 2.44. The molecule has 2 aromatic heterocycles. The van der Waals surface area contributed by atoms with Gasteiger partial charge < -0.3 is 24.1 Å². The van der Waals surface area contributed by atoms with Crippen LogP contribution in [0.1, 0.15) is 34.9 Å². The number of halogens is 1. The number of benzene rings is 2. The highest BCUT2D eigenvalue weighted by Gasteiger charge is 2.33. The molecule has 0 saturated carbocycles. The van der Waals surface area contributed by atoms with Crippen LogP contribution in [0.15, 0.2) is 77.7 Å². The number of hydrogen-bond donors (Lipinski definition) is 1. The van der Waals surface area contributed by atoms with E-state index in [1.807, 2.05) is 62.6 Å². The van der Waals surface area contributed by atoms with Crippen LogP contribution in [-0.4, -0.2) is 56.8 Å². The lowest BCUT2D eigenvalue weighted by Gasteiger charge is -2.30. The molecule has 39 heavy (non-hydrogen) atoms. The van der Waals surface area contributed by atoms with Gasteiger partial charge in [0.2, 0.25) is 11.8 Å². The summed E-state index contributed by atoms with van der Waals surface area (Å²) in [6, 6.07) is 20.3. The third-order valence-corrected chi connectivity index (χ3v) is 6.86. The summed E-state index contributed by atoms with van der Waals surface area (Å²) < 4.78 is 32.3. The van der Waals surface area contributed by atoms with Crippen molar-refractivity contribution in [2.24, 2.45) is 0 Å². The number of nitrogens with one attached hydrogen (secondary N) is 1. The van der Waals surface area contributed by atoms with E-state index in [9.17, 15) is 4.79 Å². The Morgan fingerprint density at radius 2 is 1.56 bits per heavy atom. The van der Waals surface area contributed by atoms with E-state index in [0.717, 1.165) is 16.7 Å². The third kappa shape index (κ3) is 6.29. The molecule has 0 amide bonds. The van der Waals surface area contributed by atoms with Gasteiger partial charge in [-0.25, -0.2) is 4.39 Å². The van der Waals surface area contributed by atoms with Gasteiger partial charge in [-0.1, -0.05) is 42.5 Å². The normalized spacial score (nSPS) is 12.7. The molecule has 4 rings (SSSR count). The molecule has 8 heteroatoms. The van der Waals surface area contributed by atoms with Gasteiger partial charge >= 0.3 is 0 Å². The number of rotatable bonds is 11. The van der Waals surface area contributed by atoms with Crippen molar-refractivity contribution < 1.29 is 18.6 Å². The smallest absolute Gasteiger partial charge is 0.251 e. The fourth-order valence-corrected chi connectivity index (χ4v) is 4.90. The Balaban J connectivity index is 2.01. The van der Waals surface area contributed by atoms with Gasteiger partial charge in [0.05, 0.1) is 21.3 Å². The number of pyridine rings is 2. The van der Waals surface area contributed by atoms with Crippen LogP contribution in [0.4, 0.5) is 4.39 Å². The van der Waals surface area contributed by atoms with E-state index in [0.29, 0.717) is 35.9 Å². The Labute approximate surface area is 228 Å². The van der Waals surface area contributed by atoms with E-state index < -0.39 is 11.7 Å². The molecule has 2 heterocycles. The van der Waals surface area contributed by atoms with E-state index in [4.69, 9.17) is 14.2 Å². The molecule has 0 fully saturated rings. The topological polar surface area (TPSA) is 76.7 Å². The van der Waals surface area contributed by atoms with E-state index in [1.54, 1.807) is 24.4 Å². The second kappa shape index (κ2) is 12.6. The molecule has 0 spiro atoms. The summed E-state index contributed by atoms with van der Waals surface area (Å²) >= 11 is 0. The van der Waals surface area contributed by atoms with Crippen LogP contribution in [0, 0.1) is 5.82 Å². The first kappa shape index (κ1) is 27.9. The molecular formula is C31H34FN3O4. The standard InChI is InChI=1S/C31H34FN3O4/c1-35(2)15-14-23(21-17-27(38-4)34-28(18-21)39-5)29(24-12-9-13-26(37-3)30(24)32)25-16-22(19-33-31(25)36)20-10-7-6-8-11-20/h6-13,16-19,23,29H,14-15H2,1-5H3,(H,33,36). The minimum Gasteiger partial charge on any atom is -0.494 e. The molecule has 0 radical (unpaired) electrons. The van der Waals surface area contributed by atoms with Crippen LogP contribution in [0.3, 0.4) is 0 Å². The number of ether oxygens (including phenoxy) is 3. The third-order valence-electron chi connectivity index (χ3n) is 6.86. The molecule has 204 valence electrons. The van der Waals surface area contributed by atoms with Crippen LogP contribution in [0.5, 0.6) is 17.5 Å². The van der Waals surface area contributed by atoms with Gasteiger partial charge in [0, 0.05) is 29.8 Å². The van der Waals surface area contributed by atoms with Gasteiger partial charge in [0.1, 0.15) is 0 Å². The number of nitrogens with zero attached hydrogens (tertiary/aromatic N) is 2. The molecule has 2 unspecified atom stereocenters. The molecule has 1 N–H and O–H groups in total. The average molecular weight is 532 g/mol. The Kier molecular flexibility index (Phi) is 8.99. The summed E-state index contributed by atoms with van der Waals surface area (Å²) in [5, 5.41) is 0. The van der Waals surface area contributed by atoms with Crippen molar-refractivity contribution >= 4 is 0 Å². The van der Waals surface area contributed by atoms with E-state index in [2.05, 4.69) is 14.9 Å². The van der Waals surface area contributed by atoms with Crippen molar-refractivity contribution in [1.82, 2.24) is 14.9 Å². The fraction of sp³-hybridized carbons (Fsp3) is 0.290. The van der Waals surface area contributed by atoms with Gasteiger partial charge in [-0.05, 0) is 67.4 Å². The molecule has 2 aromatic carbocycles. The molecule has 4 aromatic rings. The lowest BCUT2D eigenvalue weighted by molar-refractivity contribution is 0.353. The zero-order valence-corrected chi connectivity index (χ0v) is 22.9. The maximum Gasteiger partial charge on any atom is 0.251 e. The average Bonchev–Trinajstić information content (AvgIpc) is 2.96. The Morgan fingerprint density at radius 1 is 0.872 bits per heavy atom. The second-order valence-corrected chi connectivity index (χ2v) is 9.56. The summed E-state index contributed by atoms with van der Waals surface area (Å²) in [4.78, 5) is 22.8. The summed E-state index contributed by atoms with van der Waals surface area (Å²) in [5.74, 6) is -0.648. The second-order valence-electron chi connectivity index (χ2n) is 9.56. The maximum atomic E-state index is 16.0. The van der Waals surface area contributed by atoms with Crippen LogP contribution in [0.25, 0.3) is 11.1 Å². The number of aromatic nitrogens is 2. The van der Waals surface area contributed by atoms with E-state index in [-0.39, 0.29) is 17.2 Å². The molecular weight excluding hydrogens is 497 g/mol. The summed E-state index contributed by atoms with van der Waals surface area (Å²) in [7, 11) is 8.47. The number of hydrogen-bond acceptors (Lipinski definition) is 6. The lowest BCUT2D eigenvalue weighted by Crippen LogP contribution is -2.26. The number of methoxy groups -OCH3 is 3. The Morgan fingerprint density at radius 3 is 2.18 bits per heavy atom. The van der Waals surface area contributed by atoms with Crippen molar-refractivity contribution in [1.29, 1.82) is 0 Å². The van der Waals surface area contributed by atoms with Crippen LogP contribution in [0.2, 0.25) is 0 Å². The van der Waals surface area contributed by atoms with E-state index >= 15 is 4.39 Å². The summed E-state index contributed by atoms with van der Waals surface area (Å²) in [5.41, 5.74) is 3.11. The molecule has 0 aliphatic heterocycles. The predicted molar refractivity (Wildman–Crippen MR) is 151 cm³/mol. The maximum absolute atomic E-state index is 16.0. The first-order valence-corrected chi connectivity index (χ1v) is 12.7. The first-order valence-electron chi connectivity index (χ1n) is 12.7. The van der Waals surface area contributed by atoms with Gasteiger partial charge in [0.15, 0.2) is 11.6 Å². The summed E-state index contributed by atoms with van der Waals surface area (Å²) in [6.07, 6.45) is 2.30. The van der Waals surface area contributed by atoms with Crippen LogP contribution in [-0.2, 0) is 0 Å². The fourth-order valence-electron chi connectivity index (χ4n) is 4.90. The van der Waals surface area contributed by atoms with Crippen molar-refractivity contribution in [3.63, 3.8) is 0 Å². The van der Waals surface area contributed by atoms with Crippen molar-refractivity contribution in [3.05, 3.63) is 106 Å². The van der Waals surface area contributed by atoms with Crippen LogP contribution < -0.4 is 19.8 Å². The number of H-pyrrole nitrogens is 1. The Bertz CT molecular complexity index is 1430.